The molecular weight excluding hydrogens is 362 g/mol. The van der Waals surface area contributed by atoms with Gasteiger partial charge in [-0.2, -0.15) is 4.98 Å². The summed E-state index contributed by atoms with van der Waals surface area (Å²) in [6.45, 7) is 8.21. The van der Waals surface area contributed by atoms with Crippen molar-refractivity contribution in [3.8, 4) is 0 Å². The number of rotatable bonds is 6. The number of benzene rings is 1. The average Bonchev–Trinajstić information content (AvgIpc) is 3.16. The molecule has 0 atom stereocenters. The van der Waals surface area contributed by atoms with Gasteiger partial charge in [0.05, 0.1) is 31.0 Å². The highest BCUT2D eigenvalue weighted by Crippen LogP contribution is 2.28. The van der Waals surface area contributed by atoms with E-state index in [1.807, 2.05) is 18.2 Å². The molecule has 1 aliphatic rings. The van der Waals surface area contributed by atoms with Crippen LogP contribution in [0.4, 0.5) is 0 Å². The third-order valence-electron chi connectivity index (χ3n) is 4.42. The Morgan fingerprint density at radius 2 is 1.93 bits per heavy atom. The molecule has 0 radical (unpaired) electrons. The molecule has 8 heteroatoms. The summed E-state index contributed by atoms with van der Waals surface area (Å²) in [7, 11) is 0. The van der Waals surface area contributed by atoms with Gasteiger partial charge in [0, 0.05) is 24.4 Å². The molecule has 2 aromatic heterocycles. The maximum Gasteiger partial charge on any atom is 0.237 e. The van der Waals surface area contributed by atoms with E-state index in [4.69, 9.17) is 19.2 Å². The summed E-state index contributed by atoms with van der Waals surface area (Å²) >= 11 is 1.61. The van der Waals surface area contributed by atoms with E-state index in [0.717, 1.165) is 60.4 Å². The number of thioether (sulfide) groups is 1. The van der Waals surface area contributed by atoms with Crippen molar-refractivity contribution in [2.75, 3.05) is 26.3 Å². The first-order chi connectivity index (χ1) is 13.2. The van der Waals surface area contributed by atoms with Gasteiger partial charge in [-0.05, 0) is 6.07 Å². The number of para-hydroxylation sites is 1. The average molecular weight is 385 g/mol. The summed E-state index contributed by atoms with van der Waals surface area (Å²) in [4.78, 5) is 16.4. The van der Waals surface area contributed by atoms with E-state index in [0.29, 0.717) is 11.6 Å². The van der Waals surface area contributed by atoms with Gasteiger partial charge in [-0.15, -0.1) is 0 Å². The van der Waals surface area contributed by atoms with Crippen LogP contribution in [0.25, 0.3) is 10.9 Å². The molecular formula is C19H23N5O2S. The van der Waals surface area contributed by atoms with Crippen molar-refractivity contribution < 1.29 is 9.26 Å². The Morgan fingerprint density at radius 3 is 2.70 bits per heavy atom. The minimum absolute atomic E-state index is 0.257. The molecule has 0 N–H and O–H groups in total. The normalized spacial score (nSPS) is 15.7. The maximum atomic E-state index is 5.43. The topological polar surface area (TPSA) is 77.2 Å². The minimum atomic E-state index is 0.257. The lowest BCUT2D eigenvalue weighted by Crippen LogP contribution is -2.36. The van der Waals surface area contributed by atoms with Gasteiger partial charge in [-0.3, -0.25) is 4.90 Å². The molecule has 3 aromatic rings. The van der Waals surface area contributed by atoms with Gasteiger partial charge < -0.3 is 9.26 Å². The highest BCUT2D eigenvalue weighted by molar-refractivity contribution is 7.98. The third-order valence-corrected chi connectivity index (χ3v) is 5.39. The molecule has 27 heavy (non-hydrogen) atoms. The SMILES string of the molecule is CC(C)c1noc(CSc2nc(CN3CCOCC3)nc3ccccc23)n1. The lowest BCUT2D eigenvalue weighted by Gasteiger charge is -2.25. The van der Waals surface area contributed by atoms with E-state index >= 15 is 0 Å². The van der Waals surface area contributed by atoms with Gasteiger partial charge in [0.2, 0.25) is 5.89 Å². The Kier molecular flexibility index (Phi) is 5.66. The fourth-order valence-corrected chi connectivity index (χ4v) is 3.80. The summed E-state index contributed by atoms with van der Waals surface area (Å²) < 4.78 is 10.8. The molecule has 1 aliphatic heterocycles. The van der Waals surface area contributed by atoms with E-state index in [1.54, 1.807) is 11.8 Å². The van der Waals surface area contributed by atoms with Crippen LogP contribution in [0.3, 0.4) is 0 Å². The third kappa shape index (κ3) is 4.45. The number of morpholine rings is 1. The molecule has 142 valence electrons. The largest absolute Gasteiger partial charge is 0.379 e. The Morgan fingerprint density at radius 1 is 1.11 bits per heavy atom. The van der Waals surface area contributed by atoms with Gasteiger partial charge in [-0.25, -0.2) is 9.97 Å². The summed E-state index contributed by atoms with van der Waals surface area (Å²) in [5.74, 6) is 3.06. The van der Waals surface area contributed by atoms with Crippen LogP contribution in [-0.4, -0.2) is 51.3 Å². The molecule has 7 nitrogen and oxygen atoms in total. The van der Waals surface area contributed by atoms with E-state index in [2.05, 4.69) is 35.0 Å². The summed E-state index contributed by atoms with van der Waals surface area (Å²) in [5.41, 5.74) is 0.964. The molecule has 0 spiro atoms. The Labute approximate surface area is 162 Å². The Bertz CT molecular complexity index is 908. The predicted octanol–water partition coefficient (Wildman–Crippen LogP) is 3.26. The van der Waals surface area contributed by atoms with Gasteiger partial charge >= 0.3 is 0 Å². The van der Waals surface area contributed by atoms with E-state index in [1.165, 1.54) is 0 Å². The molecule has 0 bridgehead atoms. The first-order valence-electron chi connectivity index (χ1n) is 9.20. The van der Waals surface area contributed by atoms with E-state index in [-0.39, 0.29) is 5.92 Å². The van der Waals surface area contributed by atoms with Crippen molar-refractivity contribution in [1.29, 1.82) is 0 Å². The summed E-state index contributed by atoms with van der Waals surface area (Å²) in [5, 5.41) is 6.04. The predicted molar refractivity (Wildman–Crippen MR) is 104 cm³/mol. The standard InChI is InChI=1S/C19H23N5O2S/c1-13(2)18-22-17(26-23-18)12-27-19-14-5-3-4-6-15(14)20-16(21-19)11-24-7-9-25-10-8-24/h3-6,13H,7-12H2,1-2H3. The van der Waals surface area contributed by atoms with Crippen LogP contribution in [-0.2, 0) is 17.0 Å². The van der Waals surface area contributed by atoms with Crippen LogP contribution in [0, 0.1) is 0 Å². The highest BCUT2D eigenvalue weighted by Gasteiger charge is 2.16. The van der Waals surface area contributed by atoms with Crippen LogP contribution in [0.5, 0.6) is 0 Å². The second-order valence-corrected chi connectivity index (χ2v) is 7.80. The second-order valence-electron chi connectivity index (χ2n) is 6.84. The van der Waals surface area contributed by atoms with Crippen molar-refractivity contribution in [3.05, 3.63) is 41.8 Å². The van der Waals surface area contributed by atoms with Crippen molar-refractivity contribution >= 4 is 22.7 Å². The fraction of sp³-hybridized carbons (Fsp3) is 0.474. The molecule has 1 fully saturated rings. The lowest BCUT2D eigenvalue weighted by molar-refractivity contribution is 0.0330. The lowest BCUT2D eigenvalue weighted by atomic mass is 10.2. The van der Waals surface area contributed by atoms with Crippen LogP contribution < -0.4 is 0 Å². The molecule has 0 saturated carbocycles. The summed E-state index contributed by atoms with van der Waals surface area (Å²) in [6, 6.07) is 8.12. The van der Waals surface area contributed by atoms with Gasteiger partial charge in [-0.1, -0.05) is 49.0 Å². The van der Waals surface area contributed by atoms with Crippen molar-refractivity contribution in [3.63, 3.8) is 0 Å². The van der Waals surface area contributed by atoms with Crippen LogP contribution in [0.2, 0.25) is 0 Å². The quantitative estimate of drug-likeness (QED) is 0.473. The summed E-state index contributed by atoms with van der Waals surface area (Å²) in [6.07, 6.45) is 0. The van der Waals surface area contributed by atoms with Crippen molar-refractivity contribution in [1.82, 2.24) is 25.0 Å². The first kappa shape index (κ1) is 18.3. The molecule has 1 saturated heterocycles. The van der Waals surface area contributed by atoms with Crippen LogP contribution in [0.15, 0.2) is 33.8 Å². The molecule has 0 unspecified atom stereocenters. The van der Waals surface area contributed by atoms with Gasteiger partial charge in [0.1, 0.15) is 10.9 Å². The number of ether oxygens (including phenoxy) is 1. The second kappa shape index (κ2) is 8.33. The highest BCUT2D eigenvalue weighted by atomic mass is 32.2. The molecule has 3 heterocycles. The van der Waals surface area contributed by atoms with E-state index in [9.17, 15) is 0 Å². The van der Waals surface area contributed by atoms with E-state index < -0.39 is 0 Å². The Hall–Kier alpha value is -2.03. The first-order valence-corrected chi connectivity index (χ1v) is 10.2. The zero-order chi connectivity index (χ0) is 18.6. The van der Waals surface area contributed by atoms with Crippen LogP contribution in [0.1, 0.15) is 37.3 Å². The van der Waals surface area contributed by atoms with Crippen molar-refractivity contribution in [2.45, 2.75) is 37.1 Å². The zero-order valence-corrected chi connectivity index (χ0v) is 16.4. The number of hydrogen-bond donors (Lipinski definition) is 0. The maximum absolute atomic E-state index is 5.43. The fourth-order valence-electron chi connectivity index (χ4n) is 2.92. The number of nitrogens with zero attached hydrogens (tertiary/aromatic N) is 5. The molecule has 0 aliphatic carbocycles. The minimum Gasteiger partial charge on any atom is -0.379 e. The van der Waals surface area contributed by atoms with Crippen molar-refractivity contribution in [2.24, 2.45) is 0 Å². The van der Waals surface area contributed by atoms with Crippen LogP contribution >= 0.6 is 11.8 Å². The number of fused-ring (bicyclic) bond motifs is 1. The monoisotopic (exact) mass is 385 g/mol. The smallest absolute Gasteiger partial charge is 0.237 e. The molecule has 4 rings (SSSR count). The zero-order valence-electron chi connectivity index (χ0n) is 15.6. The molecule has 1 aromatic carbocycles. The van der Waals surface area contributed by atoms with Gasteiger partial charge in [0.15, 0.2) is 5.82 Å². The number of hydrogen-bond acceptors (Lipinski definition) is 8. The Balaban J connectivity index is 1.55. The molecule has 0 amide bonds. The number of aromatic nitrogens is 4. The van der Waals surface area contributed by atoms with Gasteiger partial charge in [0.25, 0.3) is 0 Å².